The van der Waals surface area contributed by atoms with Crippen LogP contribution in [-0.2, 0) is 10.0 Å². The normalized spacial score (nSPS) is 16.0. The predicted molar refractivity (Wildman–Crippen MR) is 79.5 cm³/mol. The van der Waals surface area contributed by atoms with E-state index in [0.29, 0.717) is 18.0 Å². The van der Waals surface area contributed by atoms with Crippen LogP contribution in [0, 0.1) is 5.92 Å². The molecule has 0 atom stereocenters. The largest absolute Gasteiger partial charge is 0.389 e. The molecule has 1 fully saturated rings. The summed E-state index contributed by atoms with van der Waals surface area (Å²) in [6.45, 7) is 0.490. The summed E-state index contributed by atoms with van der Waals surface area (Å²) >= 11 is 4.85. The van der Waals surface area contributed by atoms with Gasteiger partial charge in [-0.05, 0) is 24.5 Å². The monoisotopic (exact) mass is 298 g/mol. The van der Waals surface area contributed by atoms with E-state index in [2.05, 4.69) is 4.72 Å². The van der Waals surface area contributed by atoms with Crippen LogP contribution in [0.25, 0.3) is 0 Å². The van der Waals surface area contributed by atoms with Crippen LogP contribution in [0.15, 0.2) is 29.2 Å². The van der Waals surface area contributed by atoms with Crippen molar-refractivity contribution in [3.05, 3.63) is 29.8 Å². The zero-order valence-electron chi connectivity index (χ0n) is 10.6. The molecule has 1 saturated carbocycles. The molecule has 104 valence electrons. The maximum absolute atomic E-state index is 12.1. The molecule has 6 heteroatoms. The number of benzene rings is 1. The highest BCUT2D eigenvalue weighted by Crippen LogP contribution is 2.28. The second-order valence-electron chi connectivity index (χ2n) is 4.88. The molecule has 0 saturated heterocycles. The van der Waals surface area contributed by atoms with Gasteiger partial charge in [-0.1, -0.05) is 43.6 Å². The molecule has 3 N–H and O–H groups in total. The Labute approximate surface area is 119 Å². The maximum Gasteiger partial charge on any atom is 0.240 e. The summed E-state index contributed by atoms with van der Waals surface area (Å²) in [6, 6.07) is 6.41. The standard InChI is InChI=1S/C13H18N2O2S2/c14-13(18)11-5-2-6-12(9-11)19(16,17)15-8-7-10-3-1-4-10/h2,5-6,9-10,15H,1,3-4,7-8H2,(H2,14,18). The lowest BCUT2D eigenvalue weighted by atomic mass is 9.83. The van der Waals surface area contributed by atoms with E-state index in [9.17, 15) is 8.42 Å². The van der Waals surface area contributed by atoms with Crippen LogP contribution in [0.4, 0.5) is 0 Å². The minimum Gasteiger partial charge on any atom is -0.389 e. The Morgan fingerprint density at radius 2 is 2.16 bits per heavy atom. The Morgan fingerprint density at radius 1 is 1.42 bits per heavy atom. The Kier molecular flexibility index (Phi) is 4.54. The van der Waals surface area contributed by atoms with E-state index >= 15 is 0 Å². The highest BCUT2D eigenvalue weighted by Gasteiger charge is 2.19. The van der Waals surface area contributed by atoms with Gasteiger partial charge in [-0.15, -0.1) is 0 Å². The first-order chi connectivity index (χ1) is 8.99. The SMILES string of the molecule is NC(=S)c1cccc(S(=O)(=O)NCCC2CCC2)c1. The van der Waals surface area contributed by atoms with E-state index < -0.39 is 10.0 Å². The van der Waals surface area contributed by atoms with E-state index in [1.165, 1.54) is 25.3 Å². The van der Waals surface area contributed by atoms with Crippen LogP contribution in [0.5, 0.6) is 0 Å². The third-order valence-electron chi connectivity index (χ3n) is 3.50. The Bertz CT molecular complexity index is 566. The predicted octanol–water partition coefficient (Wildman–Crippen LogP) is 1.79. The number of hydrogen-bond donors (Lipinski definition) is 2. The van der Waals surface area contributed by atoms with E-state index in [1.54, 1.807) is 18.2 Å². The highest BCUT2D eigenvalue weighted by molar-refractivity contribution is 7.89. The average molecular weight is 298 g/mol. The molecular weight excluding hydrogens is 280 g/mol. The van der Waals surface area contributed by atoms with Gasteiger partial charge in [-0.2, -0.15) is 0 Å². The number of hydrogen-bond acceptors (Lipinski definition) is 3. The molecule has 4 nitrogen and oxygen atoms in total. The molecule has 2 rings (SSSR count). The summed E-state index contributed by atoms with van der Waals surface area (Å²) in [7, 11) is -3.46. The van der Waals surface area contributed by atoms with Crippen LogP contribution in [0.3, 0.4) is 0 Å². The minimum absolute atomic E-state index is 0.200. The highest BCUT2D eigenvalue weighted by atomic mass is 32.2. The molecule has 1 aromatic carbocycles. The van der Waals surface area contributed by atoms with Crippen molar-refractivity contribution in [2.24, 2.45) is 11.7 Å². The van der Waals surface area contributed by atoms with E-state index in [1.807, 2.05) is 0 Å². The van der Waals surface area contributed by atoms with E-state index in [-0.39, 0.29) is 9.88 Å². The zero-order valence-corrected chi connectivity index (χ0v) is 12.3. The van der Waals surface area contributed by atoms with Gasteiger partial charge in [0.05, 0.1) is 4.90 Å². The van der Waals surface area contributed by atoms with Crippen molar-refractivity contribution >= 4 is 27.2 Å². The maximum atomic E-state index is 12.1. The molecule has 0 unspecified atom stereocenters. The molecular formula is C13H18N2O2S2. The number of nitrogens with one attached hydrogen (secondary N) is 1. The van der Waals surface area contributed by atoms with Gasteiger partial charge >= 0.3 is 0 Å². The fraction of sp³-hybridized carbons (Fsp3) is 0.462. The first kappa shape index (κ1) is 14.4. The van der Waals surface area contributed by atoms with Crippen LogP contribution in [-0.4, -0.2) is 20.0 Å². The van der Waals surface area contributed by atoms with Crippen molar-refractivity contribution in [2.75, 3.05) is 6.54 Å². The molecule has 0 bridgehead atoms. The molecule has 0 aliphatic heterocycles. The molecule has 0 spiro atoms. The average Bonchev–Trinajstić information content (AvgIpc) is 2.32. The summed E-state index contributed by atoms with van der Waals surface area (Å²) in [5.41, 5.74) is 6.07. The van der Waals surface area contributed by atoms with Gasteiger partial charge in [-0.3, -0.25) is 0 Å². The molecule has 0 amide bonds. The summed E-state index contributed by atoms with van der Waals surface area (Å²) in [5, 5.41) is 0. The van der Waals surface area contributed by atoms with Crippen LogP contribution >= 0.6 is 12.2 Å². The topological polar surface area (TPSA) is 72.2 Å². The Hall–Kier alpha value is -0.980. The van der Waals surface area contributed by atoms with E-state index in [0.717, 1.165) is 6.42 Å². The lowest BCUT2D eigenvalue weighted by molar-refractivity contribution is 0.297. The van der Waals surface area contributed by atoms with E-state index in [4.69, 9.17) is 18.0 Å². The molecule has 0 radical (unpaired) electrons. The number of nitrogens with two attached hydrogens (primary N) is 1. The smallest absolute Gasteiger partial charge is 0.240 e. The quantitative estimate of drug-likeness (QED) is 0.785. The van der Waals surface area contributed by atoms with Gasteiger partial charge in [0.2, 0.25) is 10.0 Å². The van der Waals surface area contributed by atoms with Gasteiger partial charge in [0.25, 0.3) is 0 Å². The molecule has 0 aromatic heterocycles. The van der Waals surface area contributed by atoms with Crippen LogP contribution in [0.2, 0.25) is 0 Å². The summed E-state index contributed by atoms with van der Waals surface area (Å²) in [4.78, 5) is 0.415. The minimum atomic E-state index is -3.46. The van der Waals surface area contributed by atoms with Crippen molar-refractivity contribution in [1.29, 1.82) is 0 Å². The van der Waals surface area contributed by atoms with Gasteiger partial charge < -0.3 is 5.73 Å². The fourth-order valence-corrected chi connectivity index (χ4v) is 3.30. The second kappa shape index (κ2) is 5.98. The molecule has 0 heterocycles. The zero-order chi connectivity index (χ0) is 13.9. The summed E-state index contributed by atoms with van der Waals surface area (Å²) in [6.07, 6.45) is 4.62. The fourth-order valence-electron chi connectivity index (χ4n) is 2.08. The van der Waals surface area contributed by atoms with Crippen LogP contribution in [0.1, 0.15) is 31.2 Å². The van der Waals surface area contributed by atoms with Gasteiger partial charge in [-0.25, -0.2) is 13.1 Å². The number of rotatable bonds is 6. The van der Waals surface area contributed by atoms with Crippen molar-refractivity contribution in [1.82, 2.24) is 4.72 Å². The van der Waals surface area contributed by atoms with Crippen molar-refractivity contribution in [3.8, 4) is 0 Å². The number of sulfonamides is 1. The summed E-state index contributed by atoms with van der Waals surface area (Å²) < 4.78 is 26.8. The van der Waals surface area contributed by atoms with Crippen molar-refractivity contribution < 1.29 is 8.42 Å². The lowest BCUT2D eigenvalue weighted by Crippen LogP contribution is -2.27. The Morgan fingerprint density at radius 3 is 2.74 bits per heavy atom. The third kappa shape index (κ3) is 3.75. The van der Waals surface area contributed by atoms with Gasteiger partial charge in [0.15, 0.2) is 0 Å². The van der Waals surface area contributed by atoms with Gasteiger partial charge in [0.1, 0.15) is 4.99 Å². The first-order valence-corrected chi connectivity index (χ1v) is 8.28. The molecule has 1 aliphatic carbocycles. The first-order valence-electron chi connectivity index (χ1n) is 6.38. The van der Waals surface area contributed by atoms with Crippen molar-refractivity contribution in [3.63, 3.8) is 0 Å². The molecule has 1 aromatic rings. The second-order valence-corrected chi connectivity index (χ2v) is 7.08. The summed E-state index contributed by atoms with van der Waals surface area (Å²) in [5.74, 6) is 0.686. The van der Waals surface area contributed by atoms with Gasteiger partial charge in [0, 0.05) is 12.1 Å². The molecule has 19 heavy (non-hydrogen) atoms. The van der Waals surface area contributed by atoms with Crippen LogP contribution < -0.4 is 10.5 Å². The third-order valence-corrected chi connectivity index (χ3v) is 5.19. The lowest BCUT2D eigenvalue weighted by Gasteiger charge is -2.25. The molecule has 1 aliphatic rings. The van der Waals surface area contributed by atoms with Crippen molar-refractivity contribution in [2.45, 2.75) is 30.6 Å². The Balaban J connectivity index is 2.01. The number of thiocarbonyl (C=S) groups is 1.